The van der Waals surface area contributed by atoms with Crippen LogP contribution in [-0.2, 0) is 10.0 Å². The van der Waals surface area contributed by atoms with Crippen LogP contribution in [0.25, 0.3) is 0 Å². The molecule has 0 heterocycles. The smallest absolute Gasteiger partial charge is 0.409 e. The van der Waals surface area contributed by atoms with Crippen molar-refractivity contribution in [1.82, 2.24) is 4.72 Å². The summed E-state index contributed by atoms with van der Waals surface area (Å²) in [5.74, 6) is -1.33. The average Bonchev–Trinajstić information content (AvgIpc) is 2.35. The maximum Gasteiger partial charge on any atom is 0.409 e. The number of hydrogen-bond acceptors (Lipinski definition) is 3. The molecule has 0 aromatic heterocycles. The number of halogens is 5. The summed E-state index contributed by atoms with van der Waals surface area (Å²) < 4.78 is 91.7. The topological polar surface area (TPSA) is 55.4 Å². The van der Waals surface area contributed by atoms with Crippen LogP contribution in [0.15, 0.2) is 24.3 Å². The normalized spacial score (nSPS) is 14.2. The minimum absolute atomic E-state index is 0.586. The van der Waals surface area contributed by atoms with Gasteiger partial charge in [-0.25, -0.2) is 8.42 Å². The average molecular weight is 333 g/mol. The van der Waals surface area contributed by atoms with Crippen molar-refractivity contribution < 1.29 is 35.1 Å². The van der Waals surface area contributed by atoms with E-state index in [0.29, 0.717) is 0 Å². The number of para-hydroxylation sites is 1. The van der Waals surface area contributed by atoms with E-state index in [-0.39, 0.29) is 0 Å². The van der Waals surface area contributed by atoms with Crippen molar-refractivity contribution in [1.29, 1.82) is 0 Å². The van der Waals surface area contributed by atoms with Gasteiger partial charge in [0.15, 0.2) is 0 Å². The van der Waals surface area contributed by atoms with Crippen LogP contribution < -0.4 is 9.46 Å². The van der Waals surface area contributed by atoms with Crippen molar-refractivity contribution in [3.63, 3.8) is 0 Å². The molecular weight excluding hydrogens is 321 g/mol. The summed E-state index contributed by atoms with van der Waals surface area (Å²) >= 11 is 0. The fourth-order valence-corrected chi connectivity index (χ4v) is 2.28. The minimum Gasteiger partial charge on any atom is -0.434 e. The van der Waals surface area contributed by atoms with E-state index in [4.69, 9.17) is 0 Å². The van der Waals surface area contributed by atoms with Gasteiger partial charge in [-0.2, -0.15) is 26.7 Å². The first-order chi connectivity index (χ1) is 9.57. The number of hydrogen-bond donors (Lipinski definition) is 1. The standard InChI is InChI=1S/C11H12F5NO3S/c1-2-21(18,19)17-9(11(14,15)16)7-5-3-4-6-8(7)20-10(12)13/h3-6,9-10,17H,2H2,1H3/t9-/m1/s1. The number of alkyl halides is 5. The Kier molecular flexibility index (Phi) is 5.51. The van der Waals surface area contributed by atoms with Crippen LogP contribution in [0, 0.1) is 0 Å². The summed E-state index contributed by atoms with van der Waals surface area (Å²) in [7, 11) is -4.21. The SMILES string of the molecule is CCS(=O)(=O)N[C@H](c1ccccc1OC(F)F)C(F)(F)F. The maximum absolute atomic E-state index is 13.0. The zero-order chi connectivity index (χ0) is 16.3. The fraction of sp³-hybridized carbons (Fsp3) is 0.455. The predicted octanol–water partition coefficient (Wildman–Crippen LogP) is 2.83. The first-order valence-corrected chi connectivity index (χ1v) is 7.32. The molecule has 1 N–H and O–H groups in total. The molecule has 0 aliphatic rings. The molecule has 0 fully saturated rings. The molecule has 1 aromatic rings. The quantitative estimate of drug-likeness (QED) is 0.815. The zero-order valence-corrected chi connectivity index (χ0v) is 11.5. The van der Waals surface area contributed by atoms with Gasteiger partial charge in [-0.05, 0) is 13.0 Å². The lowest BCUT2D eigenvalue weighted by Gasteiger charge is -2.23. The van der Waals surface area contributed by atoms with E-state index in [2.05, 4.69) is 4.74 Å². The van der Waals surface area contributed by atoms with E-state index in [1.807, 2.05) is 0 Å². The predicted molar refractivity (Wildman–Crippen MR) is 64.5 cm³/mol. The highest BCUT2D eigenvalue weighted by molar-refractivity contribution is 7.89. The number of sulfonamides is 1. The van der Waals surface area contributed by atoms with Crippen LogP contribution >= 0.6 is 0 Å². The molecule has 120 valence electrons. The van der Waals surface area contributed by atoms with Crippen molar-refractivity contribution >= 4 is 10.0 Å². The number of benzene rings is 1. The first-order valence-electron chi connectivity index (χ1n) is 5.67. The van der Waals surface area contributed by atoms with Crippen molar-refractivity contribution in [2.24, 2.45) is 0 Å². The lowest BCUT2D eigenvalue weighted by atomic mass is 10.1. The van der Waals surface area contributed by atoms with Crippen molar-refractivity contribution in [3.05, 3.63) is 29.8 Å². The van der Waals surface area contributed by atoms with Crippen LogP contribution in [0.4, 0.5) is 22.0 Å². The Morgan fingerprint density at radius 2 is 1.81 bits per heavy atom. The third-order valence-electron chi connectivity index (χ3n) is 2.45. The molecule has 1 rings (SSSR count). The van der Waals surface area contributed by atoms with Crippen LogP contribution in [0.1, 0.15) is 18.5 Å². The molecule has 0 spiro atoms. The van der Waals surface area contributed by atoms with Crippen LogP contribution in [0.3, 0.4) is 0 Å². The second kappa shape index (κ2) is 6.56. The Bertz CT molecular complexity index is 573. The Hall–Kier alpha value is -1.42. The molecule has 10 heteroatoms. The largest absolute Gasteiger partial charge is 0.434 e. The molecule has 0 saturated carbocycles. The van der Waals surface area contributed by atoms with Crippen molar-refractivity contribution in [3.8, 4) is 5.75 Å². The molecule has 1 aromatic carbocycles. The zero-order valence-electron chi connectivity index (χ0n) is 10.7. The molecule has 21 heavy (non-hydrogen) atoms. The molecule has 4 nitrogen and oxygen atoms in total. The van der Waals surface area contributed by atoms with Gasteiger partial charge in [-0.1, -0.05) is 18.2 Å². The molecule has 0 saturated heterocycles. The lowest BCUT2D eigenvalue weighted by Crippen LogP contribution is -2.39. The van der Waals surface area contributed by atoms with Gasteiger partial charge >= 0.3 is 12.8 Å². The summed E-state index contributed by atoms with van der Waals surface area (Å²) in [5.41, 5.74) is -0.734. The number of nitrogens with one attached hydrogen (secondary N) is 1. The Morgan fingerprint density at radius 3 is 2.29 bits per heavy atom. The Balaban J connectivity index is 3.28. The lowest BCUT2D eigenvalue weighted by molar-refractivity contribution is -0.154. The van der Waals surface area contributed by atoms with Gasteiger partial charge < -0.3 is 4.74 Å². The van der Waals surface area contributed by atoms with E-state index in [9.17, 15) is 30.4 Å². The molecule has 0 bridgehead atoms. The fourth-order valence-electron chi connectivity index (χ4n) is 1.49. The molecule has 0 unspecified atom stereocenters. The summed E-state index contributed by atoms with van der Waals surface area (Å²) in [6.45, 7) is -2.18. The number of ether oxygens (including phenoxy) is 1. The highest BCUT2D eigenvalue weighted by atomic mass is 32.2. The van der Waals surface area contributed by atoms with Crippen LogP contribution in [-0.4, -0.2) is 27.0 Å². The second-order valence-corrected chi connectivity index (χ2v) is 5.95. The van der Waals surface area contributed by atoms with E-state index < -0.39 is 45.9 Å². The van der Waals surface area contributed by atoms with E-state index >= 15 is 0 Å². The highest BCUT2D eigenvalue weighted by Crippen LogP contribution is 2.38. The van der Waals surface area contributed by atoms with Gasteiger partial charge in [-0.15, -0.1) is 0 Å². The van der Waals surface area contributed by atoms with Gasteiger partial charge in [0.1, 0.15) is 11.8 Å². The van der Waals surface area contributed by atoms with Gasteiger partial charge in [-0.3, -0.25) is 0 Å². The van der Waals surface area contributed by atoms with Crippen molar-refractivity contribution in [2.45, 2.75) is 25.8 Å². The van der Waals surface area contributed by atoms with Gasteiger partial charge in [0.2, 0.25) is 10.0 Å². The summed E-state index contributed by atoms with van der Waals surface area (Å²) in [6, 6.07) is 1.46. The van der Waals surface area contributed by atoms with Gasteiger partial charge in [0.05, 0.1) is 5.75 Å². The summed E-state index contributed by atoms with van der Waals surface area (Å²) in [4.78, 5) is 0. The molecule has 1 atom stereocenters. The van der Waals surface area contributed by atoms with Crippen molar-refractivity contribution in [2.75, 3.05) is 5.75 Å². The third-order valence-corrected chi connectivity index (χ3v) is 3.81. The Labute approximate surface area is 118 Å². The summed E-state index contributed by atoms with van der Waals surface area (Å²) in [5, 5.41) is 0. The molecule has 0 amide bonds. The van der Waals surface area contributed by atoms with Gasteiger partial charge in [0, 0.05) is 5.56 Å². The molecule has 0 aliphatic carbocycles. The summed E-state index contributed by atoms with van der Waals surface area (Å²) in [6.07, 6.45) is -5.01. The second-order valence-electron chi connectivity index (χ2n) is 3.91. The molecule has 0 radical (unpaired) electrons. The molecule has 0 aliphatic heterocycles. The van der Waals surface area contributed by atoms with Crippen LogP contribution in [0.2, 0.25) is 0 Å². The first kappa shape index (κ1) is 17.6. The minimum atomic E-state index is -5.01. The van der Waals surface area contributed by atoms with Crippen LogP contribution in [0.5, 0.6) is 5.75 Å². The third kappa shape index (κ3) is 5.12. The van der Waals surface area contributed by atoms with E-state index in [0.717, 1.165) is 25.1 Å². The monoisotopic (exact) mass is 333 g/mol. The van der Waals surface area contributed by atoms with Gasteiger partial charge in [0.25, 0.3) is 0 Å². The Morgan fingerprint density at radius 1 is 1.24 bits per heavy atom. The number of rotatable bonds is 6. The van der Waals surface area contributed by atoms with E-state index in [1.165, 1.54) is 10.8 Å². The maximum atomic E-state index is 13.0. The highest BCUT2D eigenvalue weighted by Gasteiger charge is 2.44. The van der Waals surface area contributed by atoms with E-state index in [1.54, 1.807) is 0 Å². The molecular formula is C11H12F5NO3S.